The molecular formula is C12H20N2OS. The number of nitrogens with zero attached hydrogens (tertiary/aromatic N) is 1. The topological polar surface area (TPSA) is 38.5 Å². The molecule has 0 spiro atoms. The first-order valence-corrected chi connectivity index (χ1v) is 6.71. The quantitative estimate of drug-likeness (QED) is 0.870. The molecule has 1 aliphatic rings. The van der Waals surface area contributed by atoms with Crippen molar-refractivity contribution in [3.63, 3.8) is 0 Å². The predicted molar refractivity (Wildman–Crippen MR) is 67.6 cm³/mol. The van der Waals surface area contributed by atoms with E-state index in [0.717, 1.165) is 32.6 Å². The summed E-state index contributed by atoms with van der Waals surface area (Å²) in [5.41, 5.74) is 7.36. The molecule has 0 bridgehead atoms. The third-order valence-corrected chi connectivity index (χ3v) is 4.22. The fourth-order valence-corrected chi connectivity index (χ4v) is 2.94. The van der Waals surface area contributed by atoms with Gasteiger partial charge in [0.25, 0.3) is 0 Å². The number of hydrogen-bond donors (Lipinski definition) is 1. The van der Waals surface area contributed by atoms with Crippen molar-refractivity contribution in [3.8, 4) is 0 Å². The second-order valence-electron chi connectivity index (χ2n) is 4.57. The molecule has 1 aliphatic heterocycles. The van der Waals surface area contributed by atoms with Gasteiger partial charge >= 0.3 is 0 Å². The summed E-state index contributed by atoms with van der Waals surface area (Å²) in [7, 11) is 2.15. The summed E-state index contributed by atoms with van der Waals surface area (Å²) in [5.74, 6) is 0. The fraction of sp³-hybridized carbons (Fsp3) is 0.667. The zero-order valence-electron chi connectivity index (χ0n) is 9.82. The minimum absolute atomic E-state index is 0.0419. The maximum Gasteiger partial charge on any atom is 0.0662 e. The highest BCUT2D eigenvalue weighted by molar-refractivity contribution is 7.07. The normalized spacial score (nSPS) is 26.2. The molecule has 0 aromatic carbocycles. The lowest BCUT2D eigenvalue weighted by molar-refractivity contribution is -0.0374. The van der Waals surface area contributed by atoms with Gasteiger partial charge in [0.15, 0.2) is 0 Å². The number of ether oxygens (including phenoxy) is 1. The summed E-state index contributed by atoms with van der Waals surface area (Å²) in [6, 6.07) is 2.18. The summed E-state index contributed by atoms with van der Waals surface area (Å²) in [6.45, 7) is 3.29. The summed E-state index contributed by atoms with van der Waals surface area (Å²) in [4.78, 5) is 2.36. The molecule has 0 saturated carbocycles. The molecule has 0 radical (unpaired) electrons. The molecule has 1 saturated heterocycles. The first-order valence-electron chi connectivity index (χ1n) is 5.77. The third kappa shape index (κ3) is 2.46. The Bertz CT molecular complexity index is 307. The molecule has 0 aliphatic carbocycles. The molecule has 1 unspecified atom stereocenters. The van der Waals surface area contributed by atoms with Gasteiger partial charge in [-0.2, -0.15) is 11.3 Å². The number of likely N-dealkylation sites (N-methyl/N-ethyl adjacent to an activating group) is 1. The average Bonchev–Trinajstić information content (AvgIpc) is 2.82. The second kappa shape index (κ2) is 5.27. The van der Waals surface area contributed by atoms with Gasteiger partial charge in [0.1, 0.15) is 0 Å². The van der Waals surface area contributed by atoms with E-state index in [9.17, 15) is 0 Å². The second-order valence-corrected chi connectivity index (χ2v) is 5.35. The van der Waals surface area contributed by atoms with Crippen molar-refractivity contribution in [1.29, 1.82) is 0 Å². The van der Waals surface area contributed by atoms with E-state index in [1.165, 1.54) is 5.56 Å². The van der Waals surface area contributed by atoms with E-state index < -0.39 is 0 Å². The van der Waals surface area contributed by atoms with Crippen molar-refractivity contribution in [2.75, 3.05) is 26.8 Å². The van der Waals surface area contributed by atoms with Crippen molar-refractivity contribution >= 4 is 11.3 Å². The van der Waals surface area contributed by atoms with E-state index in [1.807, 2.05) is 0 Å². The van der Waals surface area contributed by atoms with Crippen LogP contribution in [0.3, 0.4) is 0 Å². The van der Waals surface area contributed by atoms with E-state index in [-0.39, 0.29) is 5.54 Å². The van der Waals surface area contributed by atoms with Gasteiger partial charge in [-0.15, -0.1) is 0 Å². The Hall–Kier alpha value is -0.420. The van der Waals surface area contributed by atoms with Crippen LogP contribution in [-0.2, 0) is 11.3 Å². The van der Waals surface area contributed by atoms with Crippen LogP contribution in [0, 0.1) is 0 Å². The molecule has 4 heteroatoms. The predicted octanol–water partition coefficient (Wildman–Crippen LogP) is 1.69. The minimum atomic E-state index is 0.0419. The van der Waals surface area contributed by atoms with Gasteiger partial charge < -0.3 is 10.5 Å². The lowest BCUT2D eigenvalue weighted by Crippen LogP contribution is -2.56. The monoisotopic (exact) mass is 240 g/mol. The van der Waals surface area contributed by atoms with Crippen molar-refractivity contribution in [3.05, 3.63) is 22.4 Å². The lowest BCUT2D eigenvalue weighted by atomic mass is 9.90. The largest absolute Gasteiger partial charge is 0.379 e. The Morgan fingerprint density at radius 3 is 3.06 bits per heavy atom. The van der Waals surface area contributed by atoms with Gasteiger partial charge in [0.05, 0.1) is 12.1 Å². The average molecular weight is 240 g/mol. The van der Waals surface area contributed by atoms with E-state index in [0.29, 0.717) is 6.54 Å². The molecule has 1 atom stereocenters. The van der Waals surface area contributed by atoms with Crippen LogP contribution in [0.25, 0.3) is 0 Å². The SMILES string of the molecule is CN(Cc1ccsc1)C1(CN)CCCOC1. The smallest absolute Gasteiger partial charge is 0.0662 e. The first-order chi connectivity index (χ1) is 7.77. The fourth-order valence-electron chi connectivity index (χ4n) is 2.28. The Morgan fingerprint density at radius 2 is 2.50 bits per heavy atom. The van der Waals surface area contributed by atoms with Gasteiger partial charge in [0.2, 0.25) is 0 Å². The molecular weight excluding hydrogens is 220 g/mol. The first kappa shape index (κ1) is 12.0. The van der Waals surface area contributed by atoms with Crippen molar-refractivity contribution in [1.82, 2.24) is 4.90 Å². The number of nitrogens with two attached hydrogens (primary N) is 1. The van der Waals surface area contributed by atoms with Crippen LogP contribution in [0.15, 0.2) is 16.8 Å². The lowest BCUT2D eigenvalue weighted by Gasteiger charge is -2.43. The Kier molecular flexibility index (Phi) is 3.97. The van der Waals surface area contributed by atoms with Gasteiger partial charge in [0, 0.05) is 19.7 Å². The van der Waals surface area contributed by atoms with E-state index in [2.05, 4.69) is 28.8 Å². The van der Waals surface area contributed by atoms with Crippen molar-refractivity contribution in [2.24, 2.45) is 5.73 Å². The molecule has 1 fully saturated rings. The summed E-state index contributed by atoms with van der Waals surface area (Å²) >= 11 is 1.75. The van der Waals surface area contributed by atoms with Crippen LogP contribution in [0.4, 0.5) is 0 Å². The molecule has 2 heterocycles. The molecule has 2 rings (SSSR count). The molecule has 1 aromatic heterocycles. The minimum Gasteiger partial charge on any atom is -0.379 e. The van der Waals surface area contributed by atoms with Gasteiger partial charge in [-0.25, -0.2) is 0 Å². The number of hydrogen-bond acceptors (Lipinski definition) is 4. The Balaban J connectivity index is 2.02. The third-order valence-electron chi connectivity index (χ3n) is 3.49. The highest BCUT2D eigenvalue weighted by atomic mass is 32.1. The molecule has 90 valence electrons. The molecule has 2 N–H and O–H groups in total. The van der Waals surface area contributed by atoms with Crippen LogP contribution in [0.5, 0.6) is 0 Å². The van der Waals surface area contributed by atoms with E-state index >= 15 is 0 Å². The van der Waals surface area contributed by atoms with E-state index in [4.69, 9.17) is 10.5 Å². The maximum atomic E-state index is 5.95. The zero-order valence-corrected chi connectivity index (χ0v) is 10.6. The van der Waals surface area contributed by atoms with Crippen LogP contribution in [0.1, 0.15) is 18.4 Å². The van der Waals surface area contributed by atoms with Crippen LogP contribution in [-0.4, -0.2) is 37.2 Å². The number of rotatable bonds is 4. The highest BCUT2D eigenvalue weighted by Crippen LogP contribution is 2.26. The molecule has 1 aromatic rings. The van der Waals surface area contributed by atoms with Crippen LogP contribution < -0.4 is 5.73 Å². The summed E-state index contributed by atoms with van der Waals surface area (Å²) < 4.78 is 5.60. The van der Waals surface area contributed by atoms with Crippen molar-refractivity contribution in [2.45, 2.75) is 24.9 Å². The summed E-state index contributed by atoms with van der Waals surface area (Å²) in [5, 5.41) is 4.32. The molecule has 3 nitrogen and oxygen atoms in total. The number of thiophene rings is 1. The maximum absolute atomic E-state index is 5.95. The summed E-state index contributed by atoms with van der Waals surface area (Å²) in [6.07, 6.45) is 2.26. The van der Waals surface area contributed by atoms with Crippen LogP contribution in [0.2, 0.25) is 0 Å². The highest BCUT2D eigenvalue weighted by Gasteiger charge is 2.35. The zero-order chi connectivity index (χ0) is 11.4. The Labute approximate surface area is 101 Å². The van der Waals surface area contributed by atoms with Crippen molar-refractivity contribution < 1.29 is 4.74 Å². The van der Waals surface area contributed by atoms with Crippen LogP contribution >= 0.6 is 11.3 Å². The Morgan fingerprint density at radius 1 is 1.62 bits per heavy atom. The van der Waals surface area contributed by atoms with Gasteiger partial charge in [-0.3, -0.25) is 4.90 Å². The van der Waals surface area contributed by atoms with E-state index in [1.54, 1.807) is 11.3 Å². The van der Waals surface area contributed by atoms with Gasteiger partial charge in [-0.05, 0) is 42.3 Å². The molecule has 16 heavy (non-hydrogen) atoms. The molecule has 0 amide bonds. The standard InChI is InChI=1S/C12H20N2OS/c1-14(7-11-3-6-16-8-11)12(9-13)4-2-5-15-10-12/h3,6,8H,2,4-5,7,9-10,13H2,1H3. The van der Waals surface area contributed by atoms with Gasteiger partial charge in [-0.1, -0.05) is 0 Å².